The van der Waals surface area contributed by atoms with E-state index in [9.17, 15) is 19.2 Å². The van der Waals surface area contributed by atoms with E-state index in [1.165, 1.54) is 0 Å². The lowest BCUT2D eigenvalue weighted by atomic mass is 10.0. The Labute approximate surface area is 142 Å². The van der Waals surface area contributed by atoms with Gasteiger partial charge >= 0.3 is 0 Å². The van der Waals surface area contributed by atoms with Crippen molar-refractivity contribution in [2.75, 3.05) is 18.9 Å². The molecule has 1 aromatic rings. The first kappa shape index (κ1) is 19.5. The van der Waals surface area contributed by atoms with Gasteiger partial charge in [0.05, 0.1) is 5.56 Å². The van der Waals surface area contributed by atoms with Crippen LogP contribution in [0.25, 0.3) is 0 Å². The van der Waals surface area contributed by atoms with Crippen molar-refractivity contribution in [3.05, 3.63) is 29.3 Å². The zero-order valence-electron chi connectivity index (χ0n) is 14.2. The largest absolute Gasteiger partial charge is 0.385 e. The van der Waals surface area contributed by atoms with E-state index in [4.69, 9.17) is 0 Å². The molecule has 0 spiro atoms. The number of hydrogen-bond acceptors (Lipinski definition) is 5. The summed E-state index contributed by atoms with van der Waals surface area (Å²) in [6.45, 7) is 2.48. The Morgan fingerprint density at radius 3 is 2.54 bits per heavy atom. The number of carbonyl (C=O) groups is 4. The Balaban J connectivity index is 2.83. The zero-order valence-corrected chi connectivity index (χ0v) is 14.2. The summed E-state index contributed by atoms with van der Waals surface area (Å²) in [6.07, 6.45) is 4.51. The van der Waals surface area contributed by atoms with Crippen molar-refractivity contribution in [1.29, 1.82) is 0 Å². The number of aldehydes is 3. The van der Waals surface area contributed by atoms with E-state index in [-0.39, 0.29) is 11.9 Å². The summed E-state index contributed by atoms with van der Waals surface area (Å²) in [5, 5.41) is 3.12. The van der Waals surface area contributed by atoms with Crippen molar-refractivity contribution in [3.63, 3.8) is 0 Å². The summed E-state index contributed by atoms with van der Waals surface area (Å²) in [4.78, 5) is 46.2. The SMILES string of the molecule is CC(CCC=O)N(C)C(=O)c1ccc(NCCCC=O)cc1C=O. The van der Waals surface area contributed by atoms with Gasteiger partial charge in [-0.05, 0) is 38.0 Å². The molecule has 0 aliphatic heterocycles. The molecule has 1 amide bonds. The van der Waals surface area contributed by atoms with Gasteiger partial charge < -0.3 is 19.8 Å². The quantitative estimate of drug-likeness (QED) is 0.497. The highest BCUT2D eigenvalue weighted by molar-refractivity contribution is 6.02. The molecule has 1 aromatic carbocycles. The van der Waals surface area contributed by atoms with Crippen LogP contribution in [0.1, 0.15) is 53.3 Å². The first-order chi connectivity index (χ1) is 11.5. The van der Waals surface area contributed by atoms with Crippen molar-refractivity contribution in [1.82, 2.24) is 4.90 Å². The third kappa shape index (κ3) is 5.61. The third-order valence-electron chi connectivity index (χ3n) is 3.92. The molecular formula is C18H24N2O4. The number of nitrogens with zero attached hydrogens (tertiary/aromatic N) is 1. The summed E-state index contributed by atoms with van der Waals surface area (Å²) < 4.78 is 0. The molecule has 0 radical (unpaired) electrons. The average molecular weight is 332 g/mol. The predicted octanol–water partition coefficient (Wildman–Crippen LogP) is 2.33. The van der Waals surface area contributed by atoms with Crippen LogP contribution in [0.2, 0.25) is 0 Å². The van der Waals surface area contributed by atoms with E-state index in [1.54, 1.807) is 30.1 Å². The maximum absolute atomic E-state index is 12.6. The molecule has 130 valence electrons. The number of hydrogen-bond donors (Lipinski definition) is 1. The van der Waals surface area contributed by atoms with E-state index >= 15 is 0 Å². The second-order valence-corrected chi connectivity index (χ2v) is 5.66. The van der Waals surface area contributed by atoms with Gasteiger partial charge in [0.15, 0.2) is 6.29 Å². The van der Waals surface area contributed by atoms with Crippen LogP contribution < -0.4 is 5.32 Å². The van der Waals surface area contributed by atoms with Crippen LogP contribution in [0.4, 0.5) is 5.69 Å². The summed E-state index contributed by atoms with van der Waals surface area (Å²) in [6, 6.07) is 4.90. The Hall–Kier alpha value is -2.50. The lowest BCUT2D eigenvalue weighted by Crippen LogP contribution is -2.35. The van der Waals surface area contributed by atoms with Crippen molar-refractivity contribution in [2.45, 2.75) is 38.6 Å². The first-order valence-electron chi connectivity index (χ1n) is 8.02. The molecular weight excluding hydrogens is 308 g/mol. The van der Waals surface area contributed by atoms with Crippen molar-refractivity contribution >= 4 is 30.5 Å². The minimum atomic E-state index is -0.247. The molecule has 0 bridgehead atoms. The minimum Gasteiger partial charge on any atom is -0.385 e. The Morgan fingerprint density at radius 2 is 1.92 bits per heavy atom. The summed E-state index contributed by atoms with van der Waals surface area (Å²) in [7, 11) is 1.66. The van der Waals surface area contributed by atoms with Crippen LogP contribution in [0.5, 0.6) is 0 Å². The van der Waals surface area contributed by atoms with Gasteiger partial charge in [-0.2, -0.15) is 0 Å². The van der Waals surface area contributed by atoms with Gasteiger partial charge in [-0.3, -0.25) is 9.59 Å². The smallest absolute Gasteiger partial charge is 0.254 e. The van der Waals surface area contributed by atoms with Gasteiger partial charge in [0.1, 0.15) is 12.6 Å². The van der Waals surface area contributed by atoms with Crippen LogP contribution in [-0.4, -0.2) is 49.3 Å². The minimum absolute atomic E-state index is 0.0941. The molecule has 0 aromatic heterocycles. The molecule has 1 rings (SSSR count). The zero-order chi connectivity index (χ0) is 17.9. The standard InChI is InChI=1S/C18H24N2O4/c1-14(6-5-11-22)20(2)18(24)17-8-7-16(12-15(17)13-23)19-9-3-4-10-21/h7-8,10-14,19H,3-6,9H2,1-2H3. The molecule has 0 fully saturated rings. The molecule has 0 aliphatic carbocycles. The molecule has 0 saturated carbocycles. The number of unbranched alkanes of at least 4 members (excludes halogenated alkanes) is 1. The monoisotopic (exact) mass is 332 g/mol. The van der Waals surface area contributed by atoms with Crippen molar-refractivity contribution in [2.24, 2.45) is 0 Å². The molecule has 1 N–H and O–H groups in total. The van der Waals surface area contributed by atoms with E-state index in [1.807, 2.05) is 6.92 Å². The van der Waals surface area contributed by atoms with Crippen molar-refractivity contribution < 1.29 is 19.2 Å². The highest BCUT2D eigenvalue weighted by Crippen LogP contribution is 2.18. The number of rotatable bonds is 11. The van der Waals surface area contributed by atoms with Gasteiger partial charge in [-0.1, -0.05) is 0 Å². The lowest BCUT2D eigenvalue weighted by Gasteiger charge is -2.25. The third-order valence-corrected chi connectivity index (χ3v) is 3.92. The number of benzene rings is 1. The lowest BCUT2D eigenvalue weighted by molar-refractivity contribution is -0.108. The van der Waals surface area contributed by atoms with Gasteiger partial charge in [0, 0.05) is 43.7 Å². The van der Waals surface area contributed by atoms with Gasteiger partial charge in [0.2, 0.25) is 0 Å². The second kappa shape index (κ2) is 10.3. The molecule has 0 saturated heterocycles. The highest BCUT2D eigenvalue weighted by atomic mass is 16.2. The normalized spacial score (nSPS) is 11.4. The van der Waals surface area contributed by atoms with E-state index in [0.29, 0.717) is 49.6 Å². The summed E-state index contributed by atoms with van der Waals surface area (Å²) in [5.74, 6) is -0.247. The van der Waals surface area contributed by atoms with E-state index in [2.05, 4.69) is 5.32 Å². The van der Waals surface area contributed by atoms with E-state index in [0.717, 1.165) is 18.3 Å². The fourth-order valence-corrected chi connectivity index (χ4v) is 2.28. The number of anilines is 1. The second-order valence-electron chi connectivity index (χ2n) is 5.66. The van der Waals surface area contributed by atoms with Crippen molar-refractivity contribution in [3.8, 4) is 0 Å². The molecule has 24 heavy (non-hydrogen) atoms. The Kier molecular flexibility index (Phi) is 8.39. The average Bonchev–Trinajstić information content (AvgIpc) is 2.61. The van der Waals surface area contributed by atoms with Crippen LogP contribution in [0, 0.1) is 0 Å². The van der Waals surface area contributed by atoms with Crippen LogP contribution in [-0.2, 0) is 9.59 Å². The van der Waals surface area contributed by atoms with Crippen LogP contribution in [0.15, 0.2) is 18.2 Å². The molecule has 6 heteroatoms. The molecule has 1 unspecified atom stereocenters. The molecule has 6 nitrogen and oxygen atoms in total. The molecule has 0 heterocycles. The summed E-state index contributed by atoms with van der Waals surface area (Å²) >= 11 is 0. The van der Waals surface area contributed by atoms with Crippen LogP contribution in [0.3, 0.4) is 0 Å². The maximum Gasteiger partial charge on any atom is 0.254 e. The predicted molar refractivity (Wildman–Crippen MR) is 92.5 cm³/mol. The molecule has 1 atom stereocenters. The highest BCUT2D eigenvalue weighted by Gasteiger charge is 2.20. The number of nitrogens with one attached hydrogen (secondary N) is 1. The van der Waals surface area contributed by atoms with Gasteiger partial charge in [-0.15, -0.1) is 0 Å². The van der Waals surface area contributed by atoms with Gasteiger partial charge in [-0.25, -0.2) is 0 Å². The fourth-order valence-electron chi connectivity index (χ4n) is 2.28. The maximum atomic E-state index is 12.6. The molecule has 0 aliphatic rings. The Morgan fingerprint density at radius 1 is 1.21 bits per heavy atom. The van der Waals surface area contributed by atoms with Crippen LogP contribution >= 0.6 is 0 Å². The fraction of sp³-hybridized carbons (Fsp3) is 0.444. The number of carbonyl (C=O) groups excluding carboxylic acids is 4. The van der Waals surface area contributed by atoms with E-state index < -0.39 is 0 Å². The number of amides is 1. The summed E-state index contributed by atoms with van der Waals surface area (Å²) in [5.41, 5.74) is 1.38. The Bertz CT molecular complexity index is 586. The van der Waals surface area contributed by atoms with Gasteiger partial charge in [0.25, 0.3) is 5.91 Å². The topological polar surface area (TPSA) is 83.6 Å². The first-order valence-corrected chi connectivity index (χ1v) is 8.02.